The average molecular weight is 1020 g/mol. The molecule has 4 N–H and O–H groups in total. The van der Waals surface area contributed by atoms with Gasteiger partial charge in [-0.3, -0.25) is 4.79 Å². The van der Waals surface area contributed by atoms with E-state index in [2.05, 4.69) is 26.1 Å². The lowest BCUT2D eigenvalue weighted by Crippen LogP contribution is -2.82. The second-order valence-electron chi connectivity index (χ2n) is 22.8. The van der Waals surface area contributed by atoms with Crippen molar-refractivity contribution < 1.29 is 67.0 Å². The monoisotopic (exact) mass is 1020 g/mol. The van der Waals surface area contributed by atoms with Crippen LogP contribution in [0.25, 0.3) is 0 Å². The molecule has 0 spiro atoms. The normalized spacial score (nSPS) is 31.7. The highest BCUT2D eigenvalue weighted by Crippen LogP contribution is 2.66. The third-order valence-corrected chi connectivity index (χ3v) is 26.3. The molecule has 12 atom stereocenters. The van der Waals surface area contributed by atoms with Gasteiger partial charge in [0.2, 0.25) is 0 Å². The number of hydrogen-bond donors (Lipinski definition) is 4. The zero-order valence-electron chi connectivity index (χ0n) is 45.1. The van der Waals surface area contributed by atoms with Gasteiger partial charge in [-0.15, -0.1) is 0 Å². The molecule has 1 heterocycles. The lowest BCUT2D eigenvalue weighted by Gasteiger charge is -2.70. The summed E-state index contributed by atoms with van der Waals surface area (Å²) in [7, 11) is -5.17. The molecule has 5 rings (SSSR count). The number of rotatable bonds is 19. The van der Waals surface area contributed by atoms with Gasteiger partial charge in [0.25, 0.3) is 0 Å². The van der Waals surface area contributed by atoms with E-state index < -0.39 is 123 Å². The third kappa shape index (κ3) is 10.7. The van der Waals surface area contributed by atoms with Crippen LogP contribution in [0.15, 0.2) is 41.5 Å². The maximum Gasteiger partial charge on any atom is 0.407 e. The summed E-state index contributed by atoms with van der Waals surface area (Å²) in [6.45, 7) is 29.7. The molecule has 4 aliphatic rings. The fourth-order valence-corrected chi connectivity index (χ4v) is 18.2. The van der Waals surface area contributed by atoms with Crippen LogP contribution in [0.3, 0.4) is 0 Å². The van der Waals surface area contributed by atoms with Gasteiger partial charge in [-0.2, -0.15) is 0 Å². The Labute approximate surface area is 419 Å². The number of aliphatic hydroxyl groups is 3. The van der Waals surface area contributed by atoms with Crippen LogP contribution >= 0.6 is 0 Å². The van der Waals surface area contributed by atoms with E-state index >= 15 is 4.79 Å². The van der Waals surface area contributed by atoms with Crippen LogP contribution in [0.4, 0.5) is 4.79 Å². The van der Waals surface area contributed by atoms with E-state index in [1.165, 1.54) is 6.92 Å². The number of hydrogen-bond acceptors (Lipinski definition) is 14. The number of aliphatic hydroxyl groups excluding tert-OH is 2. The zero-order valence-corrected chi connectivity index (χ0v) is 47.1. The van der Waals surface area contributed by atoms with Gasteiger partial charge in [0.05, 0.1) is 36.3 Å². The van der Waals surface area contributed by atoms with Gasteiger partial charge in [0.15, 0.2) is 28.3 Å². The number of esters is 3. The number of carbonyl (C=O) groups excluding carboxylic acids is 4. The quantitative estimate of drug-likeness (QED) is 0.0443. The van der Waals surface area contributed by atoms with E-state index in [1.807, 2.05) is 34.6 Å². The molecule has 3 fully saturated rings. The molecule has 2 bridgehead atoms. The molecule has 17 heteroatoms. The Kier molecular flexibility index (Phi) is 17.9. The molecule has 70 heavy (non-hydrogen) atoms. The summed E-state index contributed by atoms with van der Waals surface area (Å²) < 4.78 is 46.2. The predicted molar refractivity (Wildman–Crippen MR) is 271 cm³/mol. The molecule has 0 radical (unpaired) electrons. The Morgan fingerprint density at radius 3 is 1.94 bits per heavy atom. The maximum absolute atomic E-state index is 15.3. The molecule has 0 aromatic heterocycles. The molecule has 15 nitrogen and oxygen atoms in total. The molecule has 2 saturated carbocycles. The number of benzene rings is 1. The van der Waals surface area contributed by atoms with Crippen molar-refractivity contribution in [1.29, 1.82) is 0 Å². The smallest absolute Gasteiger partial charge is 0.407 e. The Bertz CT molecular complexity index is 2030. The summed E-state index contributed by atoms with van der Waals surface area (Å²) >= 11 is 0. The average Bonchev–Trinajstić information content (AvgIpc) is 3.28. The third-order valence-electron chi connectivity index (χ3n) is 17.0. The minimum Gasteiger partial charge on any atom is -0.456 e. The zero-order chi connectivity index (χ0) is 52.6. The number of nitrogens with one attached hydrogen (secondary N) is 1. The van der Waals surface area contributed by atoms with Crippen LogP contribution in [-0.2, 0) is 42.1 Å². The van der Waals surface area contributed by atoms with Crippen molar-refractivity contribution in [3.8, 4) is 0 Å². The van der Waals surface area contributed by atoms with E-state index in [0.29, 0.717) is 30.1 Å². The fraction of sp³-hybridized carbons (Fsp3) is 0.774. The van der Waals surface area contributed by atoms with E-state index in [-0.39, 0.29) is 36.5 Å². The summed E-state index contributed by atoms with van der Waals surface area (Å²) in [6, 6.07) is 11.8. The number of carbonyl (C=O) groups is 4. The molecule has 1 aromatic carbocycles. The van der Waals surface area contributed by atoms with E-state index in [4.69, 9.17) is 32.5 Å². The minimum atomic E-state index is -2.63. The molecule has 3 aliphatic carbocycles. The van der Waals surface area contributed by atoms with Gasteiger partial charge in [-0.1, -0.05) is 94.4 Å². The number of alkyl carbamates (subject to hydrolysis) is 1. The van der Waals surface area contributed by atoms with E-state index in [0.717, 1.165) is 18.1 Å². The molecule has 1 amide bonds. The first-order valence-electron chi connectivity index (χ1n) is 26.0. The maximum atomic E-state index is 15.3. The van der Waals surface area contributed by atoms with Gasteiger partial charge in [-0.25, -0.2) is 14.4 Å². The highest BCUT2D eigenvalue weighted by Gasteiger charge is 2.78. The second kappa shape index (κ2) is 21.7. The van der Waals surface area contributed by atoms with Crippen molar-refractivity contribution in [2.75, 3.05) is 6.61 Å². The number of amides is 1. The van der Waals surface area contributed by atoms with Gasteiger partial charge >= 0.3 is 24.0 Å². The van der Waals surface area contributed by atoms with Crippen molar-refractivity contribution in [1.82, 2.24) is 5.32 Å². The summed E-state index contributed by atoms with van der Waals surface area (Å²) in [5, 5.41) is 43.4. The van der Waals surface area contributed by atoms with Gasteiger partial charge < -0.3 is 53.2 Å². The molecule has 1 aromatic rings. The first kappa shape index (κ1) is 57.7. The van der Waals surface area contributed by atoms with Crippen LogP contribution < -0.4 is 5.32 Å². The molecule has 1 unspecified atom stereocenters. The Morgan fingerprint density at radius 2 is 1.46 bits per heavy atom. The van der Waals surface area contributed by atoms with Crippen LogP contribution in [0.1, 0.15) is 140 Å². The van der Waals surface area contributed by atoms with Crippen molar-refractivity contribution in [3.63, 3.8) is 0 Å². The number of fused-ring (bicyclic) bond motifs is 5. The van der Waals surface area contributed by atoms with Crippen LogP contribution in [-0.4, -0.2) is 128 Å². The topological polar surface area (TPSA) is 206 Å². The van der Waals surface area contributed by atoms with E-state index in [9.17, 15) is 29.7 Å². The first-order chi connectivity index (χ1) is 32.5. The standard InChI is InChI=1S/C53H87NO14Si2/c1-17-69(18-2,19-3)67-38-29-39-52(31-62-39,65-34(10)55)43-45(64-46(58)35-26-24-23-25-27-35)53(61)30-37(33(9)40(50(53,14)15)41(56)44(57)51(38,43)16)63-47(59)42(68-70(20-4,21-5)22-6)36(28-32(7)8)54-48(60)66-49(11,12)13/h23-27,32,36-39,41-45,56-57,61H,17-22,28-31H2,1-16H3,(H,54,60)/t36-,37-,38-,39+,41-,42?,43-,44-,45-,51+,52-,53+/m0/s1. The second-order valence-corrected chi connectivity index (χ2v) is 32.2. The first-order valence-corrected chi connectivity index (χ1v) is 31.0. The summed E-state index contributed by atoms with van der Waals surface area (Å²) in [5.41, 5.74) is -6.93. The SMILES string of the molecule is CC[Si](CC)(CC)OC(C(=O)O[C@H]1C[C@@]2(O)[C@@H](OC(=O)c3ccccc3)[C@@H]3[C@]4(OC(C)=O)CO[C@@H]4C[C@H](O[Si](CC)(CC)CC)[C@@]3(C)[C@@H](O)[C@@H](O)C(=C1C)C2(C)C)[C@H](CC(C)C)NC(=O)OC(C)(C)C. The van der Waals surface area contributed by atoms with E-state index in [1.54, 1.807) is 78.8 Å². The van der Waals surface area contributed by atoms with Gasteiger partial charge in [0, 0.05) is 30.6 Å². The van der Waals surface area contributed by atoms with Crippen molar-refractivity contribution >= 4 is 40.6 Å². The Morgan fingerprint density at radius 1 is 0.886 bits per heavy atom. The lowest BCUT2D eigenvalue weighted by molar-refractivity contribution is -0.363. The highest BCUT2D eigenvalue weighted by atomic mass is 28.4. The largest absolute Gasteiger partial charge is 0.456 e. The van der Waals surface area contributed by atoms with Crippen LogP contribution in [0.2, 0.25) is 36.3 Å². The van der Waals surface area contributed by atoms with Gasteiger partial charge in [-0.05, 0) is 99.6 Å². The van der Waals surface area contributed by atoms with Crippen LogP contribution in [0.5, 0.6) is 0 Å². The van der Waals surface area contributed by atoms with Crippen molar-refractivity contribution in [2.24, 2.45) is 22.7 Å². The minimum absolute atomic E-state index is 0.00981. The molecular weight excluding hydrogens is 931 g/mol. The highest BCUT2D eigenvalue weighted by molar-refractivity contribution is 6.74. The molecule has 396 valence electrons. The summed E-state index contributed by atoms with van der Waals surface area (Å²) in [4.78, 5) is 57.0. The van der Waals surface area contributed by atoms with Crippen LogP contribution in [0, 0.1) is 22.7 Å². The predicted octanol–water partition coefficient (Wildman–Crippen LogP) is 8.78. The number of ether oxygens (including phenoxy) is 5. The van der Waals surface area contributed by atoms with Crippen molar-refractivity contribution in [3.05, 3.63) is 47.0 Å². The van der Waals surface area contributed by atoms with Crippen molar-refractivity contribution in [2.45, 2.75) is 232 Å². The molecule has 1 aliphatic heterocycles. The summed E-state index contributed by atoms with van der Waals surface area (Å²) in [6.07, 6.45) is -9.77. The summed E-state index contributed by atoms with van der Waals surface area (Å²) in [5.74, 6) is -3.50. The molecular formula is C53H87NO14Si2. The Hall–Kier alpha value is -3.17. The lowest BCUT2D eigenvalue weighted by atomic mass is 9.44. The Balaban J connectivity index is 1.79. The molecule has 1 saturated heterocycles. The van der Waals surface area contributed by atoms with Gasteiger partial charge in [0.1, 0.15) is 35.6 Å². The fourth-order valence-electron chi connectivity index (χ4n) is 12.4.